The molecule has 0 amide bonds. The van der Waals surface area contributed by atoms with Gasteiger partial charge in [-0.2, -0.15) is 13.2 Å². The monoisotopic (exact) mass is 448 g/mol. The summed E-state index contributed by atoms with van der Waals surface area (Å²) in [5, 5.41) is -2.39. The van der Waals surface area contributed by atoms with E-state index in [1.807, 2.05) is 0 Å². The smallest absolute Gasteiger partial charge is 0.399 e. The molecule has 0 saturated heterocycles. The highest BCUT2D eigenvalue weighted by atomic mass is 31.2. The largest absolute Gasteiger partial charge is 0.422 e. The average Bonchev–Trinajstić information content (AvgIpc) is 2.65. The van der Waals surface area contributed by atoms with Crippen LogP contribution < -0.4 is 27.4 Å². The predicted molar refractivity (Wildman–Crippen MR) is 99.5 cm³/mol. The molecule has 0 aromatic heterocycles. The van der Waals surface area contributed by atoms with Crippen molar-refractivity contribution in [1.82, 2.24) is 0 Å². The van der Waals surface area contributed by atoms with Crippen molar-refractivity contribution in [2.24, 2.45) is 0 Å². The van der Waals surface area contributed by atoms with Crippen molar-refractivity contribution in [3.8, 4) is 0 Å². The van der Waals surface area contributed by atoms with Gasteiger partial charge < -0.3 is 16.0 Å². The standard InChI is InChI=1S/C19H12F7N2OP/c20-14-13(19(24,25)26)15(21)17(23)18(16(14)22)30(29,11-5-1-3-9(27)7-11)12-6-2-4-10(28)8-12/h1-8H,27-28H2. The van der Waals surface area contributed by atoms with Crippen LogP contribution in [0.15, 0.2) is 48.5 Å². The molecule has 3 aromatic carbocycles. The highest BCUT2D eigenvalue weighted by Gasteiger charge is 2.46. The molecular weight excluding hydrogens is 436 g/mol. The number of nitrogens with two attached hydrogens (primary N) is 2. The second-order valence-corrected chi connectivity index (χ2v) is 8.98. The van der Waals surface area contributed by atoms with E-state index in [0.717, 1.165) is 24.3 Å². The zero-order chi connectivity index (χ0) is 22.4. The van der Waals surface area contributed by atoms with E-state index >= 15 is 0 Å². The molecule has 0 aliphatic carbocycles. The number of alkyl halides is 3. The molecule has 0 atom stereocenters. The van der Waals surface area contributed by atoms with E-state index in [1.54, 1.807) is 0 Å². The van der Waals surface area contributed by atoms with Crippen LogP contribution in [0.1, 0.15) is 5.56 Å². The summed E-state index contributed by atoms with van der Waals surface area (Å²) < 4.78 is 111. The molecule has 0 heterocycles. The molecule has 3 nitrogen and oxygen atoms in total. The van der Waals surface area contributed by atoms with E-state index in [4.69, 9.17) is 11.5 Å². The lowest BCUT2D eigenvalue weighted by molar-refractivity contribution is -0.143. The van der Waals surface area contributed by atoms with E-state index in [0.29, 0.717) is 0 Å². The third-order valence-corrected chi connectivity index (χ3v) is 7.34. The van der Waals surface area contributed by atoms with Gasteiger partial charge in [0.1, 0.15) is 5.56 Å². The first-order chi connectivity index (χ1) is 13.9. The van der Waals surface area contributed by atoms with E-state index in [9.17, 15) is 35.3 Å². The van der Waals surface area contributed by atoms with Gasteiger partial charge in [0.05, 0.1) is 5.30 Å². The van der Waals surface area contributed by atoms with Crippen molar-refractivity contribution in [2.75, 3.05) is 11.5 Å². The molecule has 0 bridgehead atoms. The minimum Gasteiger partial charge on any atom is -0.399 e. The quantitative estimate of drug-likeness (QED) is 0.275. The van der Waals surface area contributed by atoms with Crippen LogP contribution in [0, 0.1) is 23.3 Å². The SMILES string of the molecule is Nc1cccc(P(=O)(c2cccc(N)c2)c2c(F)c(F)c(C(F)(F)F)c(F)c2F)c1. The van der Waals surface area contributed by atoms with Crippen LogP contribution in [0.5, 0.6) is 0 Å². The summed E-state index contributed by atoms with van der Waals surface area (Å²) in [5.41, 5.74) is 8.48. The Bertz CT molecular complexity index is 1120. The summed E-state index contributed by atoms with van der Waals surface area (Å²) in [4.78, 5) is 0. The summed E-state index contributed by atoms with van der Waals surface area (Å²) in [6.07, 6.45) is -5.73. The molecule has 30 heavy (non-hydrogen) atoms. The summed E-state index contributed by atoms with van der Waals surface area (Å²) >= 11 is 0. The minimum atomic E-state index is -5.73. The Hall–Kier alpha value is -3.00. The van der Waals surface area contributed by atoms with Crippen LogP contribution in [0.2, 0.25) is 0 Å². The molecule has 0 fully saturated rings. The third kappa shape index (κ3) is 3.41. The maximum atomic E-state index is 14.8. The van der Waals surface area contributed by atoms with Gasteiger partial charge in [-0.05, 0) is 24.3 Å². The molecule has 0 radical (unpaired) electrons. The highest BCUT2D eigenvalue weighted by molar-refractivity contribution is 7.85. The minimum absolute atomic E-state index is 0.00898. The van der Waals surface area contributed by atoms with Crippen molar-refractivity contribution >= 4 is 34.4 Å². The lowest BCUT2D eigenvalue weighted by Gasteiger charge is -2.23. The lowest BCUT2D eigenvalue weighted by atomic mass is 10.1. The van der Waals surface area contributed by atoms with Gasteiger partial charge in [0.2, 0.25) is 0 Å². The number of hydrogen-bond acceptors (Lipinski definition) is 3. The average molecular weight is 448 g/mol. The summed E-state index contributed by atoms with van der Waals surface area (Å²) in [7, 11) is -4.79. The maximum Gasteiger partial charge on any atom is 0.422 e. The van der Waals surface area contributed by atoms with Gasteiger partial charge in [0.25, 0.3) is 0 Å². The van der Waals surface area contributed by atoms with Crippen LogP contribution in [-0.2, 0) is 10.7 Å². The van der Waals surface area contributed by atoms with Crippen molar-refractivity contribution in [3.63, 3.8) is 0 Å². The Kier molecular flexibility index (Phi) is 5.32. The summed E-state index contributed by atoms with van der Waals surface area (Å²) in [5.74, 6) is -10.3. The van der Waals surface area contributed by atoms with Gasteiger partial charge in [0, 0.05) is 22.0 Å². The zero-order valence-corrected chi connectivity index (χ0v) is 15.7. The van der Waals surface area contributed by atoms with E-state index in [2.05, 4.69) is 0 Å². The molecule has 3 aromatic rings. The fourth-order valence-electron chi connectivity index (χ4n) is 2.99. The number of rotatable bonds is 3. The van der Waals surface area contributed by atoms with Gasteiger partial charge in [-0.25, -0.2) is 17.6 Å². The van der Waals surface area contributed by atoms with Crippen molar-refractivity contribution in [1.29, 1.82) is 0 Å². The van der Waals surface area contributed by atoms with Crippen LogP contribution in [0.4, 0.5) is 42.1 Å². The van der Waals surface area contributed by atoms with Crippen LogP contribution in [0.25, 0.3) is 0 Å². The lowest BCUT2D eigenvalue weighted by Crippen LogP contribution is -2.33. The second-order valence-electron chi connectivity index (χ2n) is 6.28. The summed E-state index contributed by atoms with van der Waals surface area (Å²) in [6, 6.07) is 9.51. The first-order valence-corrected chi connectivity index (χ1v) is 9.85. The second kappa shape index (κ2) is 7.36. The highest BCUT2D eigenvalue weighted by Crippen LogP contribution is 2.47. The zero-order valence-electron chi connectivity index (χ0n) is 14.8. The van der Waals surface area contributed by atoms with Crippen LogP contribution >= 0.6 is 7.14 Å². The van der Waals surface area contributed by atoms with Crippen molar-refractivity contribution in [3.05, 3.63) is 77.4 Å². The number of nitrogen functional groups attached to an aromatic ring is 2. The van der Waals surface area contributed by atoms with Gasteiger partial charge in [-0.3, -0.25) is 0 Å². The topological polar surface area (TPSA) is 69.1 Å². The molecule has 3 rings (SSSR count). The van der Waals surface area contributed by atoms with Gasteiger partial charge in [-0.15, -0.1) is 0 Å². The van der Waals surface area contributed by atoms with Gasteiger partial charge >= 0.3 is 6.18 Å². The first-order valence-electron chi connectivity index (χ1n) is 8.15. The van der Waals surface area contributed by atoms with E-state index in [1.165, 1.54) is 24.3 Å². The van der Waals surface area contributed by atoms with Gasteiger partial charge in [-0.1, -0.05) is 24.3 Å². The molecule has 11 heteroatoms. The molecule has 0 unspecified atom stereocenters. The maximum absolute atomic E-state index is 14.8. The fourth-order valence-corrected chi connectivity index (χ4v) is 5.81. The van der Waals surface area contributed by atoms with E-state index in [-0.39, 0.29) is 22.0 Å². The number of benzene rings is 3. The van der Waals surface area contributed by atoms with Gasteiger partial charge in [0.15, 0.2) is 30.4 Å². The molecule has 158 valence electrons. The molecule has 0 spiro atoms. The molecular formula is C19H12F7N2OP. The summed E-state index contributed by atoms with van der Waals surface area (Å²) in [6.45, 7) is 0. The number of anilines is 2. The Balaban J connectivity index is 2.50. The molecule has 0 saturated carbocycles. The van der Waals surface area contributed by atoms with Crippen molar-refractivity contribution in [2.45, 2.75) is 6.18 Å². The predicted octanol–water partition coefficient (Wildman–Crippen LogP) is 4.07. The van der Waals surface area contributed by atoms with Crippen molar-refractivity contribution < 1.29 is 35.3 Å². The molecule has 0 aliphatic rings. The van der Waals surface area contributed by atoms with E-state index < -0.39 is 47.5 Å². The normalized spacial score (nSPS) is 12.2. The third-order valence-electron chi connectivity index (χ3n) is 4.31. The Morgan fingerprint density at radius 2 is 1.10 bits per heavy atom. The number of halogens is 7. The molecule has 4 N–H and O–H groups in total. The fraction of sp³-hybridized carbons (Fsp3) is 0.0526. The Morgan fingerprint density at radius 1 is 0.700 bits per heavy atom. The number of hydrogen-bond donors (Lipinski definition) is 2. The molecule has 0 aliphatic heterocycles. The van der Waals surface area contributed by atoms with Crippen LogP contribution in [-0.4, -0.2) is 0 Å². The first kappa shape index (κ1) is 21.7. The Morgan fingerprint density at radius 3 is 1.43 bits per heavy atom. The van der Waals surface area contributed by atoms with Crippen LogP contribution in [0.3, 0.4) is 0 Å². The Labute approximate surface area is 165 Å².